The minimum atomic E-state index is -0.257. The summed E-state index contributed by atoms with van der Waals surface area (Å²) in [7, 11) is 0. The van der Waals surface area contributed by atoms with Gasteiger partial charge in [-0.3, -0.25) is 0 Å². The molecular formula is C16H16Cl2N2O. The molecule has 0 atom stereocenters. The normalized spacial score (nSPS) is 10.2. The van der Waals surface area contributed by atoms with E-state index in [0.29, 0.717) is 28.7 Å². The van der Waals surface area contributed by atoms with Gasteiger partial charge in [0, 0.05) is 22.3 Å². The van der Waals surface area contributed by atoms with Crippen molar-refractivity contribution < 1.29 is 4.79 Å². The van der Waals surface area contributed by atoms with Crippen LogP contribution in [-0.4, -0.2) is 12.6 Å². The van der Waals surface area contributed by atoms with E-state index in [1.165, 1.54) is 0 Å². The number of amides is 2. The summed E-state index contributed by atoms with van der Waals surface area (Å²) in [5.41, 5.74) is 2.68. The Bertz CT molecular complexity index is 644. The van der Waals surface area contributed by atoms with Crippen molar-refractivity contribution in [1.29, 1.82) is 0 Å². The zero-order valence-electron chi connectivity index (χ0n) is 11.6. The lowest BCUT2D eigenvalue weighted by Crippen LogP contribution is -2.30. The summed E-state index contributed by atoms with van der Waals surface area (Å²) >= 11 is 12.0. The number of rotatable bonds is 4. The molecule has 21 heavy (non-hydrogen) atoms. The van der Waals surface area contributed by atoms with Crippen LogP contribution in [0.3, 0.4) is 0 Å². The highest BCUT2D eigenvalue weighted by atomic mass is 35.5. The standard InChI is InChI=1S/C16H16Cl2N2O/c1-11-6-7-13(17)10-15(11)20-16(21)19-9-8-12-4-2-3-5-14(12)18/h2-7,10H,8-9H2,1H3,(H2,19,20,21). The second-order valence-corrected chi connectivity index (χ2v) is 5.53. The van der Waals surface area contributed by atoms with Crippen LogP contribution in [0.15, 0.2) is 42.5 Å². The van der Waals surface area contributed by atoms with E-state index in [1.54, 1.807) is 12.1 Å². The smallest absolute Gasteiger partial charge is 0.319 e. The maximum absolute atomic E-state index is 11.9. The molecule has 0 heterocycles. The molecule has 2 amide bonds. The number of nitrogens with one attached hydrogen (secondary N) is 2. The first kappa shape index (κ1) is 15.7. The Balaban J connectivity index is 1.85. The molecule has 5 heteroatoms. The molecule has 2 aromatic carbocycles. The number of benzene rings is 2. The quantitative estimate of drug-likeness (QED) is 0.844. The molecule has 0 spiro atoms. The fourth-order valence-electron chi connectivity index (χ4n) is 1.91. The van der Waals surface area contributed by atoms with Crippen LogP contribution in [0.5, 0.6) is 0 Å². The van der Waals surface area contributed by atoms with Crippen LogP contribution in [0.25, 0.3) is 0 Å². The van der Waals surface area contributed by atoms with Crippen molar-refractivity contribution in [2.45, 2.75) is 13.3 Å². The van der Waals surface area contributed by atoms with Crippen LogP contribution >= 0.6 is 23.2 Å². The predicted octanol–water partition coefficient (Wildman–Crippen LogP) is 4.67. The third-order valence-electron chi connectivity index (χ3n) is 3.09. The highest BCUT2D eigenvalue weighted by Crippen LogP contribution is 2.20. The molecule has 2 N–H and O–H groups in total. The number of carbonyl (C=O) groups excluding carboxylic acids is 1. The number of aryl methyl sites for hydroxylation is 1. The molecule has 0 aromatic heterocycles. The lowest BCUT2D eigenvalue weighted by Gasteiger charge is -2.10. The first-order valence-corrected chi connectivity index (χ1v) is 7.36. The molecule has 0 aliphatic heterocycles. The molecule has 0 aliphatic rings. The van der Waals surface area contributed by atoms with E-state index < -0.39 is 0 Å². The fraction of sp³-hybridized carbons (Fsp3) is 0.188. The zero-order valence-corrected chi connectivity index (χ0v) is 13.1. The van der Waals surface area contributed by atoms with E-state index in [-0.39, 0.29) is 6.03 Å². The van der Waals surface area contributed by atoms with Crippen LogP contribution in [0.4, 0.5) is 10.5 Å². The molecule has 0 aliphatic carbocycles. The molecule has 0 saturated carbocycles. The molecule has 3 nitrogen and oxygen atoms in total. The van der Waals surface area contributed by atoms with E-state index in [1.807, 2.05) is 37.3 Å². The Morgan fingerprint density at radius 1 is 1.14 bits per heavy atom. The Morgan fingerprint density at radius 3 is 2.67 bits per heavy atom. The first-order chi connectivity index (χ1) is 10.1. The summed E-state index contributed by atoms with van der Waals surface area (Å²) < 4.78 is 0. The average Bonchev–Trinajstić information content (AvgIpc) is 2.45. The number of carbonyl (C=O) groups is 1. The predicted molar refractivity (Wildman–Crippen MR) is 88.4 cm³/mol. The number of halogens is 2. The molecule has 0 unspecified atom stereocenters. The summed E-state index contributed by atoms with van der Waals surface area (Å²) in [6.45, 7) is 2.42. The molecular weight excluding hydrogens is 307 g/mol. The highest BCUT2D eigenvalue weighted by Gasteiger charge is 2.05. The van der Waals surface area contributed by atoms with Gasteiger partial charge in [0.2, 0.25) is 0 Å². The summed E-state index contributed by atoms with van der Waals surface area (Å²) in [6.07, 6.45) is 0.682. The van der Waals surface area contributed by atoms with Crippen molar-refractivity contribution in [1.82, 2.24) is 5.32 Å². The monoisotopic (exact) mass is 322 g/mol. The Labute approximate surface area is 134 Å². The number of urea groups is 1. The largest absolute Gasteiger partial charge is 0.338 e. The van der Waals surface area contributed by atoms with E-state index in [9.17, 15) is 4.79 Å². The van der Waals surface area contributed by atoms with E-state index in [4.69, 9.17) is 23.2 Å². The second kappa shape index (κ2) is 7.34. The minimum Gasteiger partial charge on any atom is -0.338 e. The van der Waals surface area contributed by atoms with Gasteiger partial charge >= 0.3 is 6.03 Å². The fourth-order valence-corrected chi connectivity index (χ4v) is 2.31. The van der Waals surface area contributed by atoms with Crippen molar-refractivity contribution in [3.05, 3.63) is 63.6 Å². The average molecular weight is 323 g/mol. The molecule has 2 aromatic rings. The van der Waals surface area contributed by atoms with E-state index >= 15 is 0 Å². The van der Waals surface area contributed by atoms with Crippen molar-refractivity contribution in [3.63, 3.8) is 0 Å². The number of hydrogen-bond donors (Lipinski definition) is 2. The molecule has 0 bridgehead atoms. The van der Waals surface area contributed by atoms with Crippen molar-refractivity contribution in [2.75, 3.05) is 11.9 Å². The van der Waals surface area contributed by atoms with Crippen LogP contribution in [-0.2, 0) is 6.42 Å². The summed E-state index contributed by atoms with van der Waals surface area (Å²) in [5.74, 6) is 0. The third kappa shape index (κ3) is 4.66. The van der Waals surface area contributed by atoms with Crippen LogP contribution < -0.4 is 10.6 Å². The maximum atomic E-state index is 11.9. The first-order valence-electron chi connectivity index (χ1n) is 6.60. The topological polar surface area (TPSA) is 41.1 Å². The Hall–Kier alpha value is -1.71. The number of anilines is 1. The van der Waals surface area contributed by atoms with E-state index in [0.717, 1.165) is 11.1 Å². The Kier molecular flexibility index (Phi) is 5.48. The molecule has 0 fully saturated rings. The highest BCUT2D eigenvalue weighted by molar-refractivity contribution is 6.31. The molecule has 0 radical (unpaired) electrons. The van der Waals surface area contributed by atoms with Crippen molar-refractivity contribution in [2.24, 2.45) is 0 Å². The van der Waals surface area contributed by atoms with Crippen LogP contribution in [0, 0.1) is 6.92 Å². The van der Waals surface area contributed by atoms with Gasteiger partial charge in [-0.25, -0.2) is 4.79 Å². The van der Waals surface area contributed by atoms with Crippen LogP contribution in [0.1, 0.15) is 11.1 Å². The zero-order chi connectivity index (χ0) is 15.2. The van der Waals surface area contributed by atoms with Crippen molar-refractivity contribution >= 4 is 34.9 Å². The van der Waals surface area contributed by atoms with Gasteiger partial charge in [-0.05, 0) is 42.7 Å². The second-order valence-electron chi connectivity index (χ2n) is 4.68. The van der Waals surface area contributed by atoms with Gasteiger partial charge < -0.3 is 10.6 Å². The summed E-state index contributed by atoms with van der Waals surface area (Å²) in [6, 6.07) is 12.7. The lowest BCUT2D eigenvalue weighted by molar-refractivity contribution is 0.252. The minimum absolute atomic E-state index is 0.257. The lowest BCUT2D eigenvalue weighted by atomic mass is 10.1. The Morgan fingerprint density at radius 2 is 1.90 bits per heavy atom. The van der Waals surface area contributed by atoms with Gasteiger partial charge in [0.05, 0.1) is 0 Å². The van der Waals surface area contributed by atoms with Gasteiger partial charge in [-0.1, -0.05) is 47.5 Å². The van der Waals surface area contributed by atoms with Crippen LogP contribution in [0.2, 0.25) is 10.0 Å². The maximum Gasteiger partial charge on any atom is 0.319 e. The SMILES string of the molecule is Cc1ccc(Cl)cc1NC(=O)NCCc1ccccc1Cl. The number of hydrogen-bond acceptors (Lipinski definition) is 1. The third-order valence-corrected chi connectivity index (χ3v) is 3.69. The van der Waals surface area contributed by atoms with Gasteiger partial charge in [0.1, 0.15) is 0 Å². The van der Waals surface area contributed by atoms with Gasteiger partial charge in [0.15, 0.2) is 0 Å². The molecule has 0 saturated heterocycles. The summed E-state index contributed by atoms with van der Waals surface area (Å²) in [4.78, 5) is 11.9. The van der Waals surface area contributed by atoms with Gasteiger partial charge in [-0.15, -0.1) is 0 Å². The van der Waals surface area contributed by atoms with E-state index in [2.05, 4.69) is 10.6 Å². The van der Waals surface area contributed by atoms with Crippen molar-refractivity contribution in [3.8, 4) is 0 Å². The molecule has 2 rings (SSSR count). The van der Waals surface area contributed by atoms with Gasteiger partial charge in [0.25, 0.3) is 0 Å². The molecule has 110 valence electrons. The van der Waals surface area contributed by atoms with Gasteiger partial charge in [-0.2, -0.15) is 0 Å². The summed E-state index contributed by atoms with van der Waals surface area (Å²) in [5, 5.41) is 6.89.